The first-order valence-corrected chi connectivity index (χ1v) is 13.9. The molecule has 0 aliphatic carbocycles. The van der Waals surface area contributed by atoms with E-state index in [-0.39, 0.29) is 5.69 Å². The molecule has 0 spiro atoms. The van der Waals surface area contributed by atoms with Crippen LogP contribution in [0.2, 0.25) is 0 Å². The number of nitro groups is 1. The molecule has 202 valence electrons. The van der Waals surface area contributed by atoms with E-state index in [2.05, 4.69) is 104 Å². The van der Waals surface area contributed by atoms with Crippen LogP contribution in [0.1, 0.15) is 39.5 Å². The number of unbranched alkanes of at least 4 members (excludes halogenated alkanes) is 2. The van der Waals surface area contributed by atoms with Gasteiger partial charge in [0.2, 0.25) is 0 Å². The fourth-order valence-electron chi connectivity index (χ4n) is 4.16. The van der Waals surface area contributed by atoms with Gasteiger partial charge in [0.25, 0.3) is 5.69 Å². The van der Waals surface area contributed by atoms with Gasteiger partial charge in [-0.2, -0.15) is 0 Å². The van der Waals surface area contributed by atoms with Gasteiger partial charge < -0.3 is 4.90 Å². The van der Waals surface area contributed by atoms with Crippen LogP contribution in [0.3, 0.4) is 0 Å². The van der Waals surface area contributed by atoms with Crippen molar-refractivity contribution in [2.45, 2.75) is 39.5 Å². The lowest BCUT2D eigenvalue weighted by Crippen LogP contribution is -2.25. The van der Waals surface area contributed by atoms with Gasteiger partial charge in [0.15, 0.2) is 0 Å². The second-order valence-electron chi connectivity index (χ2n) is 9.46. The quantitative estimate of drug-likeness (QED) is 0.165. The van der Waals surface area contributed by atoms with Gasteiger partial charge in [-0.1, -0.05) is 75.2 Å². The summed E-state index contributed by atoms with van der Waals surface area (Å²) < 4.78 is 0. The first-order valence-electron chi connectivity index (χ1n) is 13.9. The SMILES string of the molecule is CCCCN(CCCC)c1ccc2c#cc#cc3ccc([N+](=O)[O-])cc3c#cc#cc3ccccc3c#cc#cc2c1. The highest BCUT2D eigenvalue weighted by molar-refractivity contribution is 5.83. The summed E-state index contributed by atoms with van der Waals surface area (Å²) in [6.07, 6.45) is 4.48. The lowest BCUT2D eigenvalue weighted by Gasteiger charge is -2.24. The molecule has 0 atom stereocenters. The van der Waals surface area contributed by atoms with E-state index < -0.39 is 4.92 Å². The van der Waals surface area contributed by atoms with Crippen molar-refractivity contribution >= 4 is 43.7 Å². The van der Waals surface area contributed by atoms with E-state index in [0.717, 1.165) is 66.0 Å². The summed E-state index contributed by atoms with van der Waals surface area (Å²) in [6, 6.07) is 53.8. The molecule has 0 saturated carbocycles. The van der Waals surface area contributed by atoms with Crippen LogP contribution in [0.25, 0.3) is 32.3 Å². The minimum absolute atomic E-state index is 0.0677. The Morgan fingerprint density at radius 2 is 1.02 bits per heavy atom. The largest absolute Gasteiger partial charge is 0.372 e. The number of benzene rings is 3. The molecule has 42 heavy (non-hydrogen) atoms. The Bertz CT molecular complexity index is 1700. The van der Waals surface area contributed by atoms with E-state index in [1.807, 2.05) is 30.3 Å². The average Bonchev–Trinajstić information content (AvgIpc) is 3.00. The van der Waals surface area contributed by atoms with Gasteiger partial charge >= 0.3 is 0 Å². The van der Waals surface area contributed by atoms with Gasteiger partial charge in [-0.05, 0) is 85.6 Å². The third-order valence-corrected chi connectivity index (χ3v) is 6.44. The molecule has 0 radical (unpaired) electrons. The summed E-state index contributed by atoms with van der Waals surface area (Å²) >= 11 is 0. The van der Waals surface area contributed by atoms with E-state index in [1.54, 1.807) is 6.07 Å². The molecule has 0 fully saturated rings. The Labute approximate surface area is 249 Å². The Morgan fingerprint density at radius 1 is 0.595 bits per heavy atom. The van der Waals surface area contributed by atoms with Crippen LogP contribution in [-0.4, -0.2) is 18.0 Å². The van der Waals surface area contributed by atoms with Crippen molar-refractivity contribution in [2.75, 3.05) is 18.0 Å². The number of hydrogen-bond donors (Lipinski definition) is 0. The Kier molecular flexibility index (Phi) is 10.5. The monoisotopic (exact) mass is 544 g/mol. The Morgan fingerprint density at radius 3 is 1.50 bits per heavy atom. The summed E-state index contributed by atoms with van der Waals surface area (Å²) in [6.45, 7) is 6.37. The van der Waals surface area contributed by atoms with E-state index in [9.17, 15) is 10.1 Å². The number of rotatable bonds is 8. The van der Waals surface area contributed by atoms with Gasteiger partial charge in [0, 0.05) is 63.2 Å². The zero-order valence-corrected chi connectivity index (χ0v) is 23.7. The van der Waals surface area contributed by atoms with Crippen LogP contribution in [0.15, 0.2) is 60.7 Å². The van der Waals surface area contributed by atoms with Crippen molar-refractivity contribution in [3.8, 4) is 0 Å². The number of non-ortho nitro benzene ring substituents is 1. The molecule has 0 amide bonds. The van der Waals surface area contributed by atoms with E-state index >= 15 is 0 Å². The van der Waals surface area contributed by atoms with Crippen molar-refractivity contribution in [1.82, 2.24) is 0 Å². The maximum Gasteiger partial charge on any atom is 0.270 e. The van der Waals surface area contributed by atoms with Crippen molar-refractivity contribution in [3.05, 3.63) is 144 Å². The van der Waals surface area contributed by atoms with E-state index in [1.165, 1.54) is 12.1 Å². The summed E-state index contributed by atoms with van der Waals surface area (Å²) in [7, 11) is 0. The molecular formula is C38H28N2O2. The molecule has 0 saturated heterocycles. The maximum absolute atomic E-state index is 11.3. The zero-order chi connectivity index (χ0) is 29.6. The summed E-state index contributed by atoms with van der Waals surface area (Å²) in [5.41, 5.74) is 1.05. The number of fused-ring (bicyclic) bond motifs is 3. The highest BCUT2D eigenvalue weighted by Crippen LogP contribution is 2.21. The van der Waals surface area contributed by atoms with Crippen LogP contribution in [0, 0.1) is 82.9 Å². The molecule has 4 rings (SSSR count). The Hall–Kier alpha value is -5.78. The van der Waals surface area contributed by atoms with Crippen LogP contribution >= 0.6 is 0 Å². The van der Waals surface area contributed by atoms with Crippen molar-refractivity contribution in [2.24, 2.45) is 0 Å². The number of hydrogen-bond acceptors (Lipinski definition) is 3. The fourth-order valence-corrected chi connectivity index (χ4v) is 4.16. The lowest BCUT2D eigenvalue weighted by atomic mass is 10.1. The average molecular weight is 545 g/mol. The molecule has 0 heterocycles. The Balaban J connectivity index is 1.94. The molecular weight excluding hydrogens is 516 g/mol. The molecule has 0 aliphatic rings. The van der Waals surface area contributed by atoms with Gasteiger partial charge in [-0.25, -0.2) is 0 Å². The molecule has 4 aromatic rings. The van der Waals surface area contributed by atoms with Crippen molar-refractivity contribution in [1.29, 1.82) is 0 Å². The summed E-state index contributed by atoms with van der Waals surface area (Å²) in [5, 5.41) is 15.3. The van der Waals surface area contributed by atoms with E-state index in [0.29, 0.717) is 10.8 Å². The first-order chi connectivity index (χ1) is 20.6. The molecule has 0 aromatic heterocycles. The number of anilines is 1. The molecule has 0 aliphatic heterocycles. The van der Waals surface area contributed by atoms with Gasteiger partial charge in [-0.3, -0.25) is 10.1 Å². The maximum atomic E-state index is 11.3. The van der Waals surface area contributed by atoms with Crippen LogP contribution < -0.4 is 4.90 Å². The second kappa shape index (κ2) is 15.1. The smallest absolute Gasteiger partial charge is 0.270 e. The fraction of sp³-hybridized carbons (Fsp3) is 0.211. The molecule has 0 N–H and O–H groups in total. The van der Waals surface area contributed by atoms with Crippen LogP contribution in [0.5, 0.6) is 0 Å². The summed E-state index contributed by atoms with van der Waals surface area (Å²) in [5.74, 6) is 0. The third-order valence-electron chi connectivity index (χ3n) is 6.44. The van der Waals surface area contributed by atoms with E-state index in [4.69, 9.17) is 0 Å². The predicted octanol–water partition coefficient (Wildman–Crippen LogP) is 8.44. The molecule has 4 nitrogen and oxygen atoms in total. The number of nitrogens with zero attached hydrogens (tertiary/aromatic N) is 2. The normalized spacial score (nSPS) is 9.29. The second-order valence-corrected chi connectivity index (χ2v) is 9.46. The van der Waals surface area contributed by atoms with Crippen LogP contribution in [0.4, 0.5) is 11.4 Å². The van der Waals surface area contributed by atoms with Gasteiger partial charge in [0.1, 0.15) is 0 Å². The highest BCUT2D eigenvalue weighted by atomic mass is 16.6. The summed E-state index contributed by atoms with van der Waals surface area (Å²) in [4.78, 5) is 13.3. The zero-order valence-electron chi connectivity index (χ0n) is 23.7. The minimum atomic E-state index is -0.459. The highest BCUT2D eigenvalue weighted by Gasteiger charge is 2.06. The lowest BCUT2D eigenvalue weighted by molar-refractivity contribution is -0.384. The molecule has 4 heteroatoms. The molecule has 0 unspecified atom stereocenters. The molecule has 0 bridgehead atoms. The van der Waals surface area contributed by atoms with Crippen LogP contribution in [-0.2, 0) is 0 Å². The number of nitro benzene ring substituents is 1. The van der Waals surface area contributed by atoms with Crippen molar-refractivity contribution < 1.29 is 4.92 Å². The third kappa shape index (κ3) is 8.11. The first kappa shape index (κ1) is 29.2. The van der Waals surface area contributed by atoms with Gasteiger partial charge in [0.05, 0.1) is 4.92 Å². The minimum Gasteiger partial charge on any atom is -0.372 e. The van der Waals surface area contributed by atoms with Gasteiger partial charge in [-0.15, -0.1) is 0 Å². The molecule has 4 aromatic carbocycles. The standard InChI is InChI=1S/C38H28N2O2/c1-3-5-27-39(28-6-4-2)37-25-23-33-19-9-10-20-34-24-26-38(40(41)42)30-36(34)22-14-12-18-32-16-8-7-15-31(32)17-11-13-21-35(33)29-37/h7-8,15-16,23-26,29-30H,3-6,27-28H2,1-2H3. The topological polar surface area (TPSA) is 46.4 Å². The predicted molar refractivity (Wildman–Crippen MR) is 167 cm³/mol. The van der Waals surface area contributed by atoms with Crippen molar-refractivity contribution in [3.63, 3.8) is 0 Å².